The molecule has 0 spiro atoms. The van der Waals surface area contributed by atoms with Crippen LogP contribution < -0.4 is 4.74 Å². The maximum absolute atomic E-state index is 9.37. The van der Waals surface area contributed by atoms with E-state index >= 15 is 0 Å². The predicted octanol–water partition coefficient (Wildman–Crippen LogP) is 3.84. The first-order chi connectivity index (χ1) is 11.5. The van der Waals surface area contributed by atoms with E-state index in [1.54, 1.807) is 7.11 Å². The van der Waals surface area contributed by atoms with Gasteiger partial charge < -0.3 is 19.4 Å². The van der Waals surface area contributed by atoms with Gasteiger partial charge in [-0.25, -0.2) is 4.98 Å². The third-order valence-corrected chi connectivity index (χ3v) is 4.50. The summed E-state index contributed by atoms with van der Waals surface area (Å²) in [6, 6.07) is 8.14. The van der Waals surface area contributed by atoms with Gasteiger partial charge in [0.25, 0.3) is 0 Å². The Bertz CT molecular complexity index is 817. The largest absolute Gasteiger partial charge is 0.497 e. The summed E-state index contributed by atoms with van der Waals surface area (Å²) in [7, 11) is 1.68. The van der Waals surface area contributed by atoms with Crippen LogP contribution in [0.5, 0.6) is 5.75 Å². The van der Waals surface area contributed by atoms with E-state index in [2.05, 4.69) is 34.4 Å². The summed E-state index contributed by atoms with van der Waals surface area (Å²) in [4.78, 5) is 7.76. The highest BCUT2D eigenvalue weighted by Gasteiger charge is 2.16. The van der Waals surface area contributed by atoms with Crippen molar-refractivity contribution in [2.75, 3.05) is 13.7 Å². The Kier molecular flexibility index (Phi) is 4.62. The van der Waals surface area contributed by atoms with Gasteiger partial charge in [-0.2, -0.15) is 0 Å². The fourth-order valence-electron chi connectivity index (χ4n) is 2.91. The SMILES string of the molecule is COc1ccc2[nH]c(-c3cncn3CCCC(C)(C)CO)cc2c1. The highest BCUT2D eigenvalue weighted by molar-refractivity contribution is 5.86. The Morgan fingerprint density at radius 2 is 2.12 bits per heavy atom. The van der Waals surface area contributed by atoms with Gasteiger partial charge in [-0.1, -0.05) is 13.8 Å². The molecule has 3 rings (SSSR count). The van der Waals surface area contributed by atoms with Gasteiger partial charge in [-0.3, -0.25) is 0 Å². The van der Waals surface area contributed by atoms with Crippen LogP contribution in [0, 0.1) is 5.41 Å². The number of H-pyrrole nitrogens is 1. The average Bonchev–Trinajstić information content (AvgIpc) is 3.19. The van der Waals surface area contributed by atoms with E-state index in [1.165, 1.54) is 0 Å². The van der Waals surface area contributed by atoms with Gasteiger partial charge in [-0.05, 0) is 42.5 Å². The number of nitrogens with one attached hydrogen (secondary N) is 1. The Labute approximate surface area is 142 Å². The van der Waals surface area contributed by atoms with Crippen molar-refractivity contribution in [2.24, 2.45) is 5.41 Å². The molecule has 1 aromatic carbocycles. The van der Waals surface area contributed by atoms with E-state index in [9.17, 15) is 5.11 Å². The molecule has 5 heteroatoms. The van der Waals surface area contributed by atoms with Gasteiger partial charge in [-0.15, -0.1) is 0 Å². The Morgan fingerprint density at radius 3 is 2.88 bits per heavy atom. The van der Waals surface area contributed by atoms with Crippen molar-refractivity contribution in [3.05, 3.63) is 36.8 Å². The second kappa shape index (κ2) is 6.69. The number of aliphatic hydroxyl groups excluding tert-OH is 1. The summed E-state index contributed by atoms with van der Waals surface area (Å²) >= 11 is 0. The minimum absolute atomic E-state index is 0.0294. The van der Waals surface area contributed by atoms with E-state index in [1.807, 2.05) is 30.7 Å². The van der Waals surface area contributed by atoms with E-state index < -0.39 is 0 Å². The lowest BCUT2D eigenvalue weighted by Gasteiger charge is -2.21. The van der Waals surface area contributed by atoms with Crippen LogP contribution in [0.3, 0.4) is 0 Å². The number of aliphatic hydroxyl groups is 1. The van der Waals surface area contributed by atoms with Crippen molar-refractivity contribution in [1.82, 2.24) is 14.5 Å². The first-order valence-corrected chi connectivity index (χ1v) is 8.30. The number of aromatic amines is 1. The predicted molar refractivity (Wildman–Crippen MR) is 96.2 cm³/mol. The van der Waals surface area contributed by atoms with E-state index in [-0.39, 0.29) is 12.0 Å². The van der Waals surface area contributed by atoms with Crippen molar-refractivity contribution >= 4 is 10.9 Å². The third-order valence-electron chi connectivity index (χ3n) is 4.50. The topological polar surface area (TPSA) is 63.1 Å². The molecule has 0 fully saturated rings. The van der Waals surface area contributed by atoms with Crippen LogP contribution in [0.2, 0.25) is 0 Å². The van der Waals surface area contributed by atoms with Gasteiger partial charge >= 0.3 is 0 Å². The summed E-state index contributed by atoms with van der Waals surface area (Å²) in [6.45, 7) is 5.28. The number of benzene rings is 1. The van der Waals surface area contributed by atoms with Gasteiger partial charge in [0.1, 0.15) is 5.75 Å². The smallest absolute Gasteiger partial charge is 0.119 e. The Morgan fingerprint density at radius 1 is 1.29 bits per heavy atom. The van der Waals surface area contributed by atoms with E-state index in [0.29, 0.717) is 0 Å². The van der Waals surface area contributed by atoms with Crippen LogP contribution in [-0.4, -0.2) is 33.4 Å². The summed E-state index contributed by atoms with van der Waals surface area (Å²) in [5.41, 5.74) is 3.18. The number of rotatable bonds is 7. The summed E-state index contributed by atoms with van der Waals surface area (Å²) in [5, 5.41) is 10.5. The number of fused-ring (bicyclic) bond motifs is 1. The number of nitrogens with zero attached hydrogens (tertiary/aromatic N) is 2. The molecular weight excluding hydrogens is 302 g/mol. The summed E-state index contributed by atoms with van der Waals surface area (Å²) < 4.78 is 7.45. The molecule has 2 N–H and O–H groups in total. The molecule has 0 bridgehead atoms. The lowest BCUT2D eigenvalue weighted by Crippen LogP contribution is -2.17. The Hall–Kier alpha value is -2.27. The highest BCUT2D eigenvalue weighted by atomic mass is 16.5. The maximum atomic E-state index is 9.37. The minimum atomic E-state index is -0.0294. The van der Waals surface area contributed by atoms with Crippen molar-refractivity contribution in [3.63, 3.8) is 0 Å². The number of aryl methyl sites for hydroxylation is 1. The van der Waals surface area contributed by atoms with Gasteiger partial charge in [0, 0.05) is 24.1 Å². The van der Waals surface area contributed by atoms with Gasteiger partial charge in [0.05, 0.1) is 31.0 Å². The zero-order chi connectivity index (χ0) is 17.2. The third kappa shape index (κ3) is 3.46. The molecule has 0 radical (unpaired) electrons. The highest BCUT2D eigenvalue weighted by Crippen LogP contribution is 2.28. The lowest BCUT2D eigenvalue weighted by molar-refractivity contribution is 0.146. The molecule has 0 aliphatic heterocycles. The maximum Gasteiger partial charge on any atom is 0.119 e. The zero-order valence-electron chi connectivity index (χ0n) is 14.5. The van der Waals surface area contributed by atoms with Gasteiger partial charge in [0.15, 0.2) is 0 Å². The normalized spacial score (nSPS) is 12.0. The lowest BCUT2D eigenvalue weighted by atomic mass is 9.89. The molecule has 0 aliphatic rings. The summed E-state index contributed by atoms with van der Waals surface area (Å²) in [5.74, 6) is 0.854. The number of aromatic nitrogens is 3. The van der Waals surface area contributed by atoms with Crippen molar-refractivity contribution < 1.29 is 9.84 Å². The molecule has 0 saturated carbocycles. The van der Waals surface area contributed by atoms with Crippen molar-refractivity contribution in [1.29, 1.82) is 0 Å². The monoisotopic (exact) mass is 327 g/mol. The number of hydrogen-bond acceptors (Lipinski definition) is 3. The first-order valence-electron chi connectivity index (χ1n) is 8.30. The fourth-order valence-corrected chi connectivity index (χ4v) is 2.91. The van der Waals surface area contributed by atoms with E-state index in [4.69, 9.17) is 4.74 Å². The minimum Gasteiger partial charge on any atom is -0.497 e. The molecule has 24 heavy (non-hydrogen) atoms. The van der Waals surface area contributed by atoms with E-state index in [0.717, 1.165) is 47.4 Å². The Balaban J connectivity index is 1.79. The molecule has 0 saturated heterocycles. The molecule has 0 amide bonds. The van der Waals surface area contributed by atoms with Crippen LogP contribution in [0.25, 0.3) is 22.3 Å². The summed E-state index contributed by atoms with van der Waals surface area (Å²) in [6.07, 6.45) is 5.74. The quantitative estimate of drug-likeness (QED) is 0.693. The number of hydrogen-bond donors (Lipinski definition) is 2. The van der Waals surface area contributed by atoms with Crippen molar-refractivity contribution in [3.8, 4) is 17.1 Å². The molecule has 2 heterocycles. The molecule has 2 aromatic heterocycles. The molecule has 0 aliphatic carbocycles. The van der Waals surface area contributed by atoms with Crippen LogP contribution in [-0.2, 0) is 6.54 Å². The number of ether oxygens (including phenoxy) is 1. The average molecular weight is 327 g/mol. The van der Waals surface area contributed by atoms with Crippen LogP contribution >= 0.6 is 0 Å². The molecular formula is C19H25N3O2. The number of imidazole rings is 1. The second-order valence-corrected chi connectivity index (χ2v) is 7.03. The molecule has 5 nitrogen and oxygen atoms in total. The fraction of sp³-hybridized carbons (Fsp3) is 0.421. The number of methoxy groups -OCH3 is 1. The van der Waals surface area contributed by atoms with Crippen LogP contribution in [0.1, 0.15) is 26.7 Å². The van der Waals surface area contributed by atoms with Crippen LogP contribution in [0.15, 0.2) is 36.8 Å². The van der Waals surface area contributed by atoms with Gasteiger partial charge in [0.2, 0.25) is 0 Å². The molecule has 3 aromatic rings. The van der Waals surface area contributed by atoms with Crippen LogP contribution in [0.4, 0.5) is 0 Å². The molecule has 128 valence electrons. The van der Waals surface area contributed by atoms with Crippen molar-refractivity contribution in [2.45, 2.75) is 33.2 Å². The zero-order valence-corrected chi connectivity index (χ0v) is 14.5. The molecule has 0 unspecified atom stereocenters. The standard InChI is InChI=1S/C19H25N3O2/c1-19(2,12-23)7-4-8-22-13-20-11-18(22)17-10-14-9-15(24-3)5-6-16(14)21-17/h5-6,9-11,13,21,23H,4,7-8,12H2,1-3H3. The first kappa shape index (κ1) is 16.6. The molecule has 0 atom stereocenters. The second-order valence-electron chi connectivity index (χ2n) is 7.03.